The largest absolute Gasteiger partial charge is 0.348 e. The summed E-state index contributed by atoms with van der Waals surface area (Å²) in [5.74, 6) is 0.719. The average molecular weight is 260 g/mol. The number of carbonyl (C=O) groups excluding carboxylic acids is 1. The quantitative estimate of drug-likeness (QED) is 0.868. The van der Waals surface area contributed by atoms with Gasteiger partial charge in [-0.05, 0) is 18.1 Å². The second kappa shape index (κ2) is 4.81. The van der Waals surface area contributed by atoms with Gasteiger partial charge in [-0.2, -0.15) is 5.10 Å². The molecule has 2 heterocycles. The van der Waals surface area contributed by atoms with E-state index >= 15 is 0 Å². The molecule has 0 saturated heterocycles. The fraction of sp³-hybridized carbons (Fsp3) is 0.250. The summed E-state index contributed by atoms with van der Waals surface area (Å²) in [5, 5.41) is 9.29. The maximum absolute atomic E-state index is 12.0. The van der Waals surface area contributed by atoms with Crippen LogP contribution < -0.4 is 5.32 Å². The summed E-state index contributed by atoms with van der Waals surface area (Å²) in [6.07, 6.45) is 2.23. The van der Waals surface area contributed by atoms with Crippen LogP contribution in [0.3, 0.4) is 0 Å². The van der Waals surface area contributed by atoms with Crippen LogP contribution in [0.15, 0.2) is 35.5 Å². The third-order valence-electron chi connectivity index (χ3n) is 2.83. The van der Waals surface area contributed by atoms with Crippen molar-refractivity contribution in [2.24, 2.45) is 0 Å². The number of rotatable bonds is 3. The molecular weight excluding hydrogens is 248 g/mol. The number of aromatic nitrogens is 3. The minimum atomic E-state index is -0.0367. The number of nitrogens with zero attached hydrogens (tertiary/aromatic N) is 2. The second-order valence-corrected chi connectivity index (χ2v) is 5.31. The molecule has 5 nitrogen and oxygen atoms in total. The van der Waals surface area contributed by atoms with E-state index in [0.29, 0.717) is 12.4 Å². The fourth-order valence-corrected chi connectivity index (χ4v) is 3.15. The zero-order chi connectivity index (χ0) is 12.4. The molecule has 2 aromatic rings. The van der Waals surface area contributed by atoms with Crippen molar-refractivity contribution in [3.8, 4) is 0 Å². The lowest BCUT2D eigenvalue weighted by molar-refractivity contribution is -0.120. The van der Waals surface area contributed by atoms with E-state index in [4.69, 9.17) is 0 Å². The maximum Gasteiger partial charge on any atom is 0.234 e. The van der Waals surface area contributed by atoms with Crippen molar-refractivity contribution in [2.45, 2.75) is 23.1 Å². The van der Waals surface area contributed by atoms with Crippen molar-refractivity contribution in [3.05, 3.63) is 42.0 Å². The summed E-state index contributed by atoms with van der Waals surface area (Å²) in [4.78, 5) is 17.2. The Morgan fingerprint density at radius 1 is 1.50 bits per heavy atom. The third kappa shape index (κ3) is 2.24. The first-order valence-corrected chi connectivity index (χ1v) is 6.57. The normalized spacial score (nSPS) is 17.4. The van der Waals surface area contributed by atoms with Crippen LogP contribution in [0.5, 0.6) is 0 Å². The van der Waals surface area contributed by atoms with Crippen LogP contribution in [0.2, 0.25) is 0 Å². The van der Waals surface area contributed by atoms with Gasteiger partial charge in [-0.3, -0.25) is 9.89 Å². The summed E-state index contributed by atoms with van der Waals surface area (Å²) in [6.45, 7) is 0.395. The van der Waals surface area contributed by atoms with Crippen molar-refractivity contribution < 1.29 is 4.79 Å². The number of nitrogens with one attached hydrogen (secondary N) is 2. The Bertz CT molecular complexity index is 530. The number of fused-ring (bicyclic) bond motifs is 1. The van der Waals surface area contributed by atoms with Crippen molar-refractivity contribution in [1.29, 1.82) is 0 Å². The Morgan fingerprint density at radius 3 is 3.17 bits per heavy atom. The highest BCUT2D eigenvalue weighted by atomic mass is 32.2. The molecule has 0 saturated carbocycles. The van der Waals surface area contributed by atoms with Crippen molar-refractivity contribution in [2.75, 3.05) is 0 Å². The van der Waals surface area contributed by atoms with Gasteiger partial charge in [0.15, 0.2) is 0 Å². The number of benzene rings is 1. The summed E-state index contributed by atoms with van der Waals surface area (Å²) in [6, 6.07) is 8.14. The molecular formula is C12H12N4OS. The van der Waals surface area contributed by atoms with E-state index in [0.717, 1.165) is 6.42 Å². The smallest absolute Gasteiger partial charge is 0.234 e. The number of carbonyl (C=O) groups is 1. The van der Waals surface area contributed by atoms with E-state index < -0.39 is 0 Å². The first-order valence-electron chi connectivity index (χ1n) is 5.69. The third-order valence-corrected chi connectivity index (χ3v) is 4.15. The van der Waals surface area contributed by atoms with Gasteiger partial charge < -0.3 is 5.32 Å². The Hall–Kier alpha value is -1.82. The van der Waals surface area contributed by atoms with Gasteiger partial charge in [0.1, 0.15) is 12.2 Å². The summed E-state index contributed by atoms with van der Waals surface area (Å²) < 4.78 is 0. The fourth-order valence-electron chi connectivity index (χ4n) is 1.93. The molecule has 1 aliphatic rings. The molecule has 1 atom stereocenters. The van der Waals surface area contributed by atoms with E-state index in [1.54, 1.807) is 11.8 Å². The SMILES string of the molecule is O=C(NCc1ncn[nH]1)C1Cc2ccccc2S1. The lowest BCUT2D eigenvalue weighted by Crippen LogP contribution is -2.32. The Balaban J connectivity index is 1.59. The number of amides is 1. The lowest BCUT2D eigenvalue weighted by Gasteiger charge is -2.08. The Morgan fingerprint density at radius 2 is 2.39 bits per heavy atom. The summed E-state index contributed by atoms with van der Waals surface area (Å²) in [7, 11) is 0. The standard InChI is InChI=1S/C12H12N4OS/c17-12(13-6-11-14-7-15-16-11)10-5-8-3-1-2-4-9(8)18-10/h1-4,7,10H,5-6H2,(H,13,17)(H,14,15,16). The first-order chi connectivity index (χ1) is 8.83. The molecule has 2 N–H and O–H groups in total. The van der Waals surface area contributed by atoms with Crippen molar-refractivity contribution >= 4 is 17.7 Å². The number of thioether (sulfide) groups is 1. The van der Waals surface area contributed by atoms with E-state index in [1.165, 1.54) is 16.8 Å². The molecule has 1 aromatic heterocycles. The number of hydrogen-bond donors (Lipinski definition) is 2. The zero-order valence-electron chi connectivity index (χ0n) is 9.59. The van der Waals surface area contributed by atoms with Crippen LogP contribution in [0.4, 0.5) is 0 Å². The highest BCUT2D eigenvalue weighted by molar-refractivity contribution is 8.01. The van der Waals surface area contributed by atoms with Crippen molar-refractivity contribution in [1.82, 2.24) is 20.5 Å². The van der Waals surface area contributed by atoms with Gasteiger partial charge in [-0.15, -0.1) is 11.8 Å². The molecule has 1 unspecified atom stereocenters. The van der Waals surface area contributed by atoms with Crippen LogP contribution in [-0.2, 0) is 17.8 Å². The highest BCUT2D eigenvalue weighted by Gasteiger charge is 2.27. The van der Waals surface area contributed by atoms with E-state index in [-0.39, 0.29) is 11.2 Å². The highest BCUT2D eigenvalue weighted by Crippen LogP contribution is 2.36. The van der Waals surface area contributed by atoms with Crippen LogP contribution >= 0.6 is 11.8 Å². The van der Waals surface area contributed by atoms with Gasteiger partial charge in [0, 0.05) is 4.90 Å². The molecule has 0 spiro atoms. The molecule has 0 fully saturated rings. The monoisotopic (exact) mass is 260 g/mol. The van der Waals surface area contributed by atoms with Crippen molar-refractivity contribution in [3.63, 3.8) is 0 Å². The van der Waals surface area contributed by atoms with Gasteiger partial charge in [0.2, 0.25) is 5.91 Å². The minimum absolute atomic E-state index is 0.0367. The van der Waals surface area contributed by atoms with Gasteiger partial charge >= 0.3 is 0 Å². The maximum atomic E-state index is 12.0. The lowest BCUT2D eigenvalue weighted by atomic mass is 10.1. The van der Waals surface area contributed by atoms with Gasteiger partial charge in [0.05, 0.1) is 11.8 Å². The molecule has 0 aliphatic carbocycles. The summed E-state index contributed by atoms with van der Waals surface area (Å²) >= 11 is 1.62. The number of H-pyrrole nitrogens is 1. The zero-order valence-corrected chi connectivity index (χ0v) is 10.4. The topological polar surface area (TPSA) is 70.7 Å². The van der Waals surface area contributed by atoms with Gasteiger partial charge in [-0.25, -0.2) is 4.98 Å². The molecule has 1 aromatic carbocycles. The van der Waals surface area contributed by atoms with Crippen LogP contribution in [0.1, 0.15) is 11.4 Å². The molecule has 3 rings (SSSR count). The average Bonchev–Trinajstić information content (AvgIpc) is 3.04. The predicted octanol–water partition coefficient (Wildman–Crippen LogP) is 1.14. The number of hydrogen-bond acceptors (Lipinski definition) is 4. The van der Waals surface area contributed by atoms with E-state index in [1.807, 2.05) is 12.1 Å². The van der Waals surface area contributed by atoms with E-state index in [9.17, 15) is 4.79 Å². The molecule has 0 bridgehead atoms. The molecule has 18 heavy (non-hydrogen) atoms. The molecule has 92 valence electrons. The van der Waals surface area contributed by atoms with Crippen LogP contribution in [0, 0.1) is 0 Å². The van der Waals surface area contributed by atoms with E-state index in [2.05, 4.69) is 32.6 Å². The van der Waals surface area contributed by atoms with Crippen LogP contribution in [0.25, 0.3) is 0 Å². The molecule has 1 amide bonds. The molecule has 1 aliphatic heterocycles. The second-order valence-electron chi connectivity index (χ2n) is 4.07. The van der Waals surface area contributed by atoms with Crippen LogP contribution in [-0.4, -0.2) is 26.3 Å². The molecule has 0 radical (unpaired) electrons. The first kappa shape index (κ1) is 11.3. The minimum Gasteiger partial charge on any atom is -0.348 e. The predicted molar refractivity (Wildman–Crippen MR) is 68.0 cm³/mol. The number of aromatic amines is 1. The molecule has 6 heteroatoms. The van der Waals surface area contributed by atoms with Gasteiger partial charge in [-0.1, -0.05) is 18.2 Å². The Kier molecular flexibility index (Phi) is 3.02. The Labute approximate surface area is 108 Å². The van der Waals surface area contributed by atoms with Gasteiger partial charge in [0.25, 0.3) is 0 Å². The summed E-state index contributed by atoms with van der Waals surface area (Å²) in [5.41, 5.74) is 1.25.